The van der Waals surface area contributed by atoms with E-state index in [0.717, 1.165) is 11.3 Å². The van der Waals surface area contributed by atoms with Crippen LogP contribution >= 0.6 is 0 Å². The summed E-state index contributed by atoms with van der Waals surface area (Å²) in [5, 5.41) is 3.24. The fraction of sp³-hybridized carbons (Fsp3) is 0.357. The van der Waals surface area contributed by atoms with Gasteiger partial charge in [0, 0.05) is 6.04 Å². The Hall–Kier alpha value is -1.95. The number of benzene rings is 1. The molecule has 0 aliphatic carbocycles. The van der Waals surface area contributed by atoms with E-state index in [1.54, 1.807) is 18.3 Å². The molecule has 1 heterocycles. The molecule has 1 atom stereocenters. The summed E-state index contributed by atoms with van der Waals surface area (Å²) in [7, 11) is 0. The highest BCUT2D eigenvalue weighted by Crippen LogP contribution is 2.19. The topological polar surface area (TPSA) is 47.3 Å². The zero-order valence-corrected chi connectivity index (χ0v) is 11.3. The number of hydrogen-bond acceptors (Lipinski definition) is 4. The van der Waals surface area contributed by atoms with Crippen LogP contribution in [0.25, 0.3) is 0 Å². The highest BCUT2D eigenvalue weighted by Gasteiger charge is 2.09. The van der Waals surface area contributed by atoms with Gasteiger partial charge in [0.1, 0.15) is 11.5 Å². The minimum absolute atomic E-state index is 0.0443. The molecular weight excluding hydrogens is 266 g/mol. The van der Waals surface area contributed by atoms with Gasteiger partial charge in [-0.25, -0.2) is 4.98 Å². The standard InChI is InChI=1S/C14H16F2N2O2/c1-9-7-18-13(19-9)8-17-10(2)11-3-5-12(6-4-11)20-14(15)16/h3-7,10,14,17H,8H2,1-2H3. The van der Waals surface area contributed by atoms with Crippen LogP contribution in [0.2, 0.25) is 0 Å². The molecule has 1 N–H and O–H groups in total. The molecule has 1 unspecified atom stereocenters. The third kappa shape index (κ3) is 4.03. The zero-order chi connectivity index (χ0) is 14.5. The SMILES string of the molecule is Cc1cnc(CNC(C)c2ccc(OC(F)F)cc2)o1. The van der Waals surface area contributed by atoms with E-state index in [1.165, 1.54) is 12.1 Å². The number of ether oxygens (including phenoxy) is 1. The minimum atomic E-state index is -2.80. The van der Waals surface area contributed by atoms with Gasteiger partial charge < -0.3 is 14.5 Å². The predicted octanol–water partition coefficient (Wildman–Crippen LogP) is 3.44. The molecule has 0 aliphatic heterocycles. The van der Waals surface area contributed by atoms with Crippen molar-refractivity contribution in [2.75, 3.05) is 0 Å². The molecule has 20 heavy (non-hydrogen) atoms. The molecule has 0 saturated carbocycles. The van der Waals surface area contributed by atoms with Crippen molar-refractivity contribution in [3.63, 3.8) is 0 Å². The first-order valence-electron chi connectivity index (χ1n) is 6.24. The van der Waals surface area contributed by atoms with Crippen molar-refractivity contribution in [3.05, 3.63) is 47.7 Å². The van der Waals surface area contributed by atoms with Gasteiger partial charge in [0.2, 0.25) is 5.89 Å². The van der Waals surface area contributed by atoms with Crippen molar-refractivity contribution in [1.82, 2.24) is 10.3 Å². The van der Waals surface area contributed by atoms with Crippen LogP contribution in [-0.2, 0) is 6.54 Å². The van der Waals surface area contributed by atoms with Gasteiger partial charge in [-0.15, -0.1) is 0 Å². The Morgan fingerprint density at radius 3 is 2.55 bits per heavy atom. The number of rotatable bonds is 6. The van der Waals surface area contributed by atoms with Crippen LogP contribution in [-0.4, -0.2) is 11.6 Å². The fourth-order valence-electron chi connectivity index (χ4n) is 1.78. The van der Waals surface area contributed by atoms with Crippen molar-refractivity contribution < 1.29 is 17.9 Å². The van der Waals surface area contributed by atoms with Crippen LogP contribution in [0.4, 0.5) is 8.78 Å². The normalized spacial score (nSPS) is 12.7. The predicted molar refractivity (Wildman–Crippen MR) is 69.6 cm³/mol. The average Bonchev–Trinajstić information content (AvgIpc) is 2.82. The molecule has 0 fully saturated rings. The van der Waals surface area contributed by atoms with Crippen LogP contribution in [0.3, 0.4) is 0 Å². The smallest absolute Gasteiger partial charge is 0.387 e. The zero-order valence-electron chi connectivity index (χ0n) is 11.3. The fourth-order valence-corrected chi connectivity index (χ4v) is 1.78. The van der Waals surface area contributed by atoms with Gasteiger partial charge in [0.15, 0.2) is 0 Å². The highest BCUT2D eigenvalue weighted by molar-refractivity contribution is 5.28. The summed E-state index contributed by atoms with van der Waals surface area (Å²) in [4.78, 5) is 4.10. The van der Waals surface area contributed by atoms with Crippen molar-refractivity contribution in [2.45, 2.75) is 33.0 Å². The Kier molecular flexibility index (Phi) is 4.68. The average molecular weight is 282 g/mol. The first-order valence-corrected chi connectivity index (χ1v) is 6.24. The summed E-state index contributed by atoms with van der Waals surface area (Å²) < 4.78 is 33.7. The van der Waals surface area contributed by atoms with Crippen molar-refractivity contribution >= 4 is 0 Å². The van der Waals surface area contributed by atoms with Gasteiger partial charge in [-0.2, -0.15) is 8.78 Å². The molecule has 0 aliphatic rings. The third-order valence-electron chi connectivity index (χ3n) is 2.83. The molecule has 0 bridgehead atoms. The van der Waals surface area contributed by atoms with Gasteiger partial charge in [-0.3, -0.25) is 0 Å². The van der Waals surface area contributed by atoms with Crippen LogP contribution in [0.5, 0.6) is 5.75 Å². The number of alkyl halides is 2. The number of hydrogen-bond donors (Lipinski definition) is 1. The Balaban J connectivity index is 1.90. The first kappa shape index (κ1) is 14.5. The largest absolute Gasteiger partial charge is 0.445 e. The summed E-state index contributed by atoms with van der Waals surface area (Å²) in [5.74, 6) is 1.54. The summed E-state index contributed by atoms with van der Waals surface area (Å²) in [6.07, 6.45) is 1.66. The van der Waals surface area contributed by atoms with E-state index in [4.69, 9.17) is 4.42 Å². The lowest BCUT2D eigenvalue weighted by atomic mass is 10.1. The summed E-state index contributed by atoms with van der Waals surface area (Å²) in [6.45, 7) is 1.51. The Labute approximate surface area is 115 Å². The highest BCUT2D eigenvalue weighted by atomic mass is 19.3. The number of nitrogens with zero attached hydrogens (tertiary/aromatic N) is 1. The van der Waals surface area contributed by atoms with Crippen molar-refractivity contribution in [2.24, 2.45) is 0 Å². The Morgan fingerprint density at radius 1 is 1.30 bits per heavy atom. The number of aryl methyl sites for hydroxylation is 1. The van der Waals surface area contributed by atoms with E-state index in [0.29, 0.717) is 12.4 Å². The monoisotopic (exact) mass is 282 g/mol. The van der Waals surface area contributed by atoms with Gasteiger partial charge in [0.25, 0.3) is 0 Å². The number of nitrogens with one attached hydrogen (secondary N) is 1. The molecule has 6 heteroatoms. The van der Waals surface area contributed by atoms with Crippen LogP contribution < -0.4 is 10.1 Å². The van der Waals surface area contributed by atoms with Crippen LogP contribution in [0, 0.1) is 6.92 Å². The van der Waals surface area contributed by atoms with Gasteiger partial charge in [-0.1, -0.05) is 12.1 Å². The van der Waals surface area contributed by atoms with E-state index in [9.17, 15) is 8.78 Å². The van der Waals surface area contributed by atoms with Crippen LogP contribution in [0.15, 0.2) is 34.9 Å². The molecule has 1 aromatic carbocycles. The second-order valence-electron chi connectivity index (χ2n) is 4.41. The van der Waals surface area contributed by atoms with E-state index < -0.39 is 6.61 Å². The third-order valence-corrected chi connectivity index (χ3v) is 2.83. The molecule has 2 aromatic rings. The molecule has 0 amide bonds. The maximum absolute atomic E-state index is 12.0. The van der Waals surface area contributed by atoms with E-state index in [1.807, 2.05) is 13.8 Å². The van der Waals surface area contributed by atoms with Crippen LogP contribution in [0.1, 0.15) is 30.2 Å². The van der Waals surface area contributed by atoms with E-state index >= 15 is 0 Å². The van der Waals surface area contributed by atoms with E-state index in [-0.39, 0.29) is 11.8 Å². The Morgan fingerprint density at radius 2 is 2.00 bits per heavy atom. The first-order chi connectivity index (χ1) is 9.54. The van der Waals surface area contributed by atoms with Crippen molar-refractivity contribution in [3.8, 4) is 5.75 Å². The lowest BCUT2D eigenvalue weighted by molar-refractivity contribution is -0.0498. The molecule has 1 aromatic heterocycles. The lowest BCUT2D eigenvalue weighted by Gasteiger charge is -2.13. The second kappa shape index (κ2) is 6.47. The molecule has 0 radical (unpaired) electrons. The molecule has 108 valence electrons. The Bertz CT molecular complexity index is 540. The van der Waals surface area contributed by atoms with Gasteiger partial charge in [-0.05, 0) is 31.5 Å². The maximum atomic E-state index is 12.0. The second-order valence-corrected chi connectivity index (χ2v) is 4.41. The summed E-state index contributed by atoms with van der Waals surface area (Å²) in [6, 6.07) is 6.58. The number of halogens is 2. The maximum Gasteiger partial charge on any atom is 0.387 e. The summed E-state index contributed by atoms with van der Waals surface area (Å²) >= 11 is 0. The molecule has 0 spiro atoms. The molecular formula is C14H16F2N2O2. The van der Waals surface area contributed by atoms with Gasteiger partial charge >= 0.3 is 6.61 Å². The number of oxazole rings is 1. The lowest BCUT2D eigenvalue weighted by Crippen LogP contribution is -2.18. The molecule has 4 nitrogen and oxygen atoms in total. The van der Waals surface area contributed by atoms with Gasteiger partial charge in [0.05, 0.1) is 12.7 Å². The molecule has 0 saturated heterocycles. The number of aromatic nitrogens is 1. The molecule has 2 rings (SSSR count). The summed E-state index contributed by atoms with van der Waals surface area (Å²) in [5.41, 5.74) is 0.967. The quantitative estimate of drug-likeness (QED) is 0.881. The van der Waals surface area contributed by atoms with Crippen molar-refractivity contribution in [1.29, 1.82) is 0 Å². The minimum Gasteiger partial charge on any atom is -0.445 e. The van der Waals surface area contributed by atoms with E-state index in [2.05, 4.69) is 15.0 Å².